The molecule has 0 amide bonds. The lowest BCUT2D eigenvalue weighted by Gasteiger charge is -2.52. The van der Waals surface area contributed by atoms with Crippen LogP contribution in [0.25, 0.3) is 28.0 Å². The van der Waals surface area contributed by atoms with Crippen LogP contribution in [0.4, 0.5) is 5.69 Å². The van der Waals surface area contributed by atoms with Gasteiger partial charge in [0.2, 0.25) is 0 Å². The standard InChI is InChI=1S/C45H45NO2/c1-42(2)28-43(3,4)30-44(29-42)38-17-11-10-16-36(38)39-34-14-8-9-15-35(34)41-37(40(39)44)22-23-45(48-41,31-12-6-5-7-13-31)32-18-20-33(21-19-32)46-24-26-47-27-25-46/h5-23H,24-30H2,1-4H3. The zero-order valence-corrected chi connectivity index (χ0v) is 28.7. The Morgan fingerprint density at radius 2 is 1.25 bits per heavy atom. The number of fused-ring (bicyclic) bond motifs is 10. The van der Waals surface area contributed by atoms with E-state index in [1.54, 1.807) is 0 Å². The minimum Gasteiger partial charge on any atom is -0.472 e. The maximum absolute atomic E-state index is 7.63. The van der Waals surface area contributed by atoms with Gasteiger partial charge in [0, 0.05) is 46.3 Å². The number of nitrogens with zero attached hydrogens (tertiary/aromatic N) is 1. The minimum absolute atomic E-state index is 0.0917. The summed E-state index contributed by atoms with van der Waals surface area (Å²) in [5.74, 6) is 1.00. The van der Waals surface area contributed by atoms with Crippen LogP contribution in [0, 0.1) is 10.8 Å². The fraction of sp³-hybridized carbons (Fsp3) is 0.333. The van der Waals surface area contributed by atoms with Crippen LogP contribution >= 0.6 is 0 Å². The summed E-state index contributed by atoms with van der Waals surface area (Å²) in [6.45, 7) is 13.3. The Kier molecular flexibility index (Phi) is 6.56. The molecule has 3 nitrogen and oxygen atoms in total. The van der Waals surface area contributed by atoms with E-state index in [0.717, 1.165) is 56.0 Å². The van der Waals surface area contributed by atoms with Gasteiger partial charge in [-0.1, -0.05) is 125 Å². The van der Waals surface area contributed by atoms with E-state index in [-0.39, 0.29) is 16.2 Å². The highest BCUT2D eigenvalue weighted by Gasteiger charge is 2.55. The largest absolute Gasteiger partial charge is 0.472 e. The molecule has 0 aromatic heterocycles. The number of benzene rings is 5. The van der Waals surface area contributed by atoms with Crippen molar-refractivity contribution in [1.29, 1.82) is 0 Å². The maximum Gasteiger partial charge on any atom is 0.178 e. The molecule has 0 bridgehead atoms. The second-order valence-electron chi connectivity index (χ2n) is 16.2. The molecule has 242 valence electrons. The third-order valence-electron chi connectivity index (χ3n) is 11.5. The minimum atomic E-state index is -0.765. The van der Waals surface area contributed by atoms with E-state index < -0.39 is 5.60 Å². The summed E-state index contributed by atoms with van der Waals surface area (Å²) in [5, 5.41) is 2.47. The lowest BCUT2D eigenvalue weighted by atomic mass is 9.52. The van der Waals surface area contributed by atoms with Crippen LogP contribution in [-0.4, -0.2) is 26.3 Å². The van der Waals surface area contributed by atoms with Crippen LogP contribution in [0.5, 0.6) is 5.75 Å². The Morgan fingerprint density at radius 3 is 1.98 bits per heavy atom. The Bertz CT molecular complexity index is 2050. The second-order valence-corrected chi connectivity index (χ2v) is 16.2. The zero-order chi connectivity index (χ0) is 32.7. The van der Waals surface area contributed by atoms with Crippen LogP contribution in [0.1, 0.15) is 74.8 Å². The Balaban J connectivity index is 1.29. The highest BCUT2D eigenvalue weighted by atomic mass is 16.5. The molecule has 48 heavy (non-hydrogen) atoms. The van der Waals surface area contributed by atoms with Crippen molar-refractivity contribution in [2.75, 3.05) is 31.2 Å². The molecule has 5 aromatic carbocycles. The van der Waals surface area contributed by atoms with Crippen LogP contribution in [0.3, 0.4) is 0 Å². The van der Waals surface area contributed by atoms with E-state index >= 15 is 0 Å². The van der Waals surface area contributed by atoms with Crippen molar-refractivity contribution >= 4 is 22.5 Å². The molecule has 1 spiro atoms. The van der Waals surface area contributed by atoms with E-state index in [4.69, 9.17) is 9.47 Å². The lowest BCUT2D eigenvalue weighted by molar-refractivity contribution is 0.0642. The number of anilines is 1. The van der Waals surface area contributed by atoms with E-state index in [1.807, 2.05) is 0 Å². The van der Waals surface area contributed by atoms with Crippen LogP contribution < -0.4 is 9.64 Å². The van der Waals surface area contributed by atoms with Gasteiger partial charge < -0.3 is 14.4 Å². The molecule has 4 aliphatic rings. The van der Waals surface area contributed by atoms with Crippen molar-refractivity contribution in [2.45, 2.75) is 58.0 Å². The van der Waals surface area contributed by atoms with Crippen molar-refractivity contribution in [2.24, 2.45) is 10.8 Å². The van der Waals surface area contributed by atoms with Gasteiger partial charge in [0.1, 0.15) is 5.75 Å². The lowest BCUT2D eigenvalue weighted by Crippen LogP contribution is -2.44. The Hall–Kier alpha value is -4.34. The van der Waals surface area contributed by atoms with Crippen molar-refractivity contribution in [1.82, 2.24) is 0 Å². The summed E-state index contributed by atoms with van der Waals surface area (Å²) in [7, 11) is 0. The molecule has 1 atom stereocenters. The maximum atomic E-state index is 7.63. The van der Waals surface area contributed by atoms with Gasteiger partial charge in [-0.05, 0) is 75.9 Å². The highest BCUT2D eigenvalue weighted by molar-refractivity contribution is 6.08. The first-order chi connectivity index (χ1) is 23.2. The third-order valence-corrected chi connectivity index (χ3v) is 11.5. The molecular formula is C45H45NO2. The molecule has 0 N–H and O–H groups in total. The molecule has 2 fully saturated rings. The number of hydrogen-bond donors (Lipinski definition) is 0. The van der Waals surface area contributed by atoms with Gasteiger partial charge in [-0.25, -0.2) is 0 Å². The molecule has 1 unspecified atom stereocenters. The summed E-state index contributed by atoms with van der Waals surface area (Å²) >= 11 is 0. The van der Waals surface area contributed by atoms with Gasteiger partial charge in [0.15, 0.2) is 5.60 Å². The molecule has 2 heterocycles. The summed E-state index contributed by atoms with van der Waals surface area (Å²) in [6, 6.07) is 38.1. The average molecular weight is 632 g/mol. The topological polar surface area (TPSA) is 21.7 Å². The summed E-state index contributed by atoms with van der Waals surface area (Å²) < 4.78 is 13.3. The van der Waals surface area contributed by atoms with Crippen LogP contribution in [0.15, 0.2) is 109 Å². The average Bonchev–Trinajstić information content (AvgIpc) is 3.36. The van der Waals surface area contributed by atoms with E-state index in [9.17, 15) is 0 Å². The molecule has 3 heteroatoms. The monoisotopic (exact) mass is 631 g/mol. The molecule has 2 aliphatic carbocycles. The van der Waals surface area contributed by atoms with Gasteiger partial charge in [-0.3, -0.25) is 0 Å². The van der Waals surface area contributed by atoms with Gasteiger partial charge in [0.05, 0.1) is 13.2 Å². The molecule has 5 aromatic rings. The first-order valence-electron chi connectivity index (χ1n) is 17.8. The van der Waals surface area contributed by atoms with Gasteiger partial charge in [-0.15, -0.1) is 0 Å². The quantitative estimate of drug-likeness (QED) is 0.198. The van der Waals surface area contributed by atoms with E-state index in [0.29, 0.717) is 0 Å². The SMILES string of the molecule is CC1(C)CC(C)(C)CC2(C1)c1ccccc1-c1c2c2c(c3ccccc13)OC(c1ccccc1)(c1ccc(N3CCOCC3)cc1)C=C2. The first kappa shape index (κ1) is 29.8. The van der Waals surface area contributed by atoms with Crippen molar-refractivity contribution in [3.8, 4) is 16.9 Å². The molecule has 0 radical (unpaired) electrons. The zero-order valence-electron chi connectivity index (χ0n) is 28.7. The number of rotatable bonds is 3. The molecule has 1 saturated heterocycles. The van der Waals surface area contributed by atoms with Crippen molar-refractivity contribution in [3.63, 3.8) is 0 Å². The summed E-state index contributed by atoms with van der Waals surface area (Å²) in [6.07, 6.45) is 8.24. The summed E-state index contributed by atoms with van der Waals surface area (Å²) in [5.41, 5.74) is 10.1. The third kappa shape index (κ3) is 4.43. The first-order valence-corrected chi connectivity index (χ1v) is 17.8. The fourth-order valence-corrected chi connectivity index (χ4v) is 10.5. The molecule has 1 saturated carbocycles. The predicted molar refractivity (Wildman–Crippen MR) is 198 cm³/mol. The number of ether oxygens (including phenoxy) is 2. The molecule has 9 rings (SSSR count). The smallest absolute Gasteiger partial charge is 0.178 e. The fourth-order valence-electron chi connectivity index (χ4n) is 10.5. The van der Waals surface area contributed by atoms with Crippen LogP contribution in [0.2, 0.25) is 0 Å². The highest BCUT2D eigenvalue weighted by Crippen LogP contribution is 2.66. The molecule has 2 aliphatic heterocycles. The van der Waals surface area contributed by atoms with E-state index in [1.165, 1.54) is 50.7 Å². The Morgan fingerprint density at radius 1 is 0.625 bits per heavy atom. The summed E-state index contributed by atoms with van der Waals surface area (Å²) in [4.78, 5) is 2.41. The van der Waals surface area contributed by atoms with Gasteiger partial charge in [0.25, 0.3) is 0 Å². The second kappa shape index (κ2) is 10.6. The van der Waals surface area contributed by atoms with Crippen molar-refractivity contribution < 1.29 is 9.47 Å². The molecular weight excluding hydrogens is 587 g/mol. The van der Waals surface area contributed by atoms with E-state index in [2.05, 4.69) is 148 Å². The van der Waals surface area contributed by atoms with Gasteiger partial charge in [-0.2, -0.15) is 0 Å². The number of hydrogen-bond acceptors (Lipinski definition) is 3. The predicted octanol–water partition coefficient (Wildman–Crippen LogP) is 10.5. The van der Waals surface area contributed by atoms with Gasteiger partial charge >= 0.3 is 0 Å². The van der Waals surface area contributed by atoms with Crippen LogP contribution in [-0.2, 0) is 15.8 Å². The number of morpholine rings is 1. The van der Waals surface area contributed by atoms with Crippen molar-refractivity contribution in [3.05, 3.63) is 137 Å². The normalized spacial score (nSPS) is 23.0. The Labute approximate surface area is 285 Å².